The maximum Gasteiger partial charge on any atom is 0.230 e. The van der Waals surface area contributed by atoms with Gasteiger partial charge >= 0.3 is 0 Å². The van der Waals surface area contributed by atoms with Crippen molar-refractivity contribution in [2.24, 2.45) is 17.5 Å². The molecule has 7 nitrogen and oxygen atoms in total. The Labute approximate surface area is 219 Å². The van der Waals surface area contributed by atoms with Crippen LogP contribution in [0.25, 0.3) is 0 Å². The summed E-state index contributed by atoms with van der Waals surface area (Å²) < 4.78 is 2.09. The number of carbonyl (C=O) groups is 1. The third kappa shape index (κ3) is 5.72. The predicted molar refractivity (Wildman–Crippen MR) is 146 cm³/mol. The molecule has 1 aromatic carbocycles. The summed E-state index contributed by atoms with van der Waals surface area (Å²) in [7, 11) is 2.05. The van der Waals surface area contributed by atoms with Crippen molar-refractivity contribution in [3.05, 3.63) is 95.5 Å². The van der Waals surface area contributed by atoms with Crippen LogP contribution in [0, 0.1) is 5.41 Å². The van der Waals surface area contributed by atoms with Gasteiger partial charge in [0, 0.05) is 57.4 Å². The highest BCUT2D eigenvalue weighted by atomic mass is 16.2. The highest BCUT2D eigenvalue weighted by Crippen LogP contribution is 2.35. The quantitative estimate of drug-likeness (QED) is 0.482. The van der Waals surface area contributed by atoms with Gasteiger partial charge in [-0.2, -0.15) is 0 Å². The number of aliphatic imine (C=N–C) groups is 1. The number of amides is 1. The van der Waals surface area contributed by atoms with Crippen LogP contribution in [0.1, 0.15) is 67.2 Å². The monoisotopic (exact) mass is 496 g/mol. The molecule has 2 aliphatic rings. The molecule has 2 atom stereocenters. The van der Waals surface area contributed by atoms with Crippen molar-refractivity contribution in [2.45, 2.75) is 65.2 Å². The number of pyridine rings is 1. The standard InChI is InChI=1S/C30H36N6O/c1-22-16-30(2,13-15-32-22)29(37)34-17-23-9-11-24(12-10-23)19-36(20-26-18-31-21-35(26)3)27-8-4-6-25-7-5-14-33-28(25)27/h5,7,9-15,18,21,27H,4,6,8,16-17,19-20H2,1-3H3,(H,34,37). The van der Waals surface area contributed by atoms with Gasteiger partial charge in [0.2, 0.25) is 5.91 Å². The van der Waals surface area contributed by atoms with Crippen LogP contribution in [-0.4, -0.2) is 31.1 Å². The number of aromatic nitrogens is 3. The molecule has 0 radical (unpaired) electrons. The van der Waals surface area contributed by atoms with E-state index in [2.05, 4.69) is 55.1 Å². The Morgan fingerprint density at radius 3 is 2.76 bits per heavy atom. The van der Waals surface area contributed by atoms with Crippen molar-refractivity contribution in [1.29, 1.82) is 0 Å². The summed E-state index contributed by atoms with van der Waals surface area (Å²) in [5.41, 5.74) is 6.54. The number of hydrogen-bond acceptors (Lipinski definition) is 5. The third-order valence-corrected chi connectivity index (χ3v) is 7.63. The Bertz CT molecular complexity index is 1310. The molecule has 3 aromatic rings. The van der Waals surface area contributed by atoms with Gasteiger partial charge < -0.3 is 9.88 Å². The summed E-state index contributed by atoms with van der Waals surface area (Å²) in [6, 6.07) is 13.1. The number of nitrogens with zero attached hydrogens (tertiary/aromatic N) is 5. The SMILES string of the molecule is CC1=NC=CC(C)(C(=O)NCc2ccc(CN(Cc3cncn3C)C3CCCc4cccnc43)cc2)C1. The number of fused-ring (bicyclic) bond motifs is 1. The molecule has 192 valence electrons. The first-order chi connectivity index (χ1) is 17.9. The summed E-state index contributed by atoms with van der Waals surface area (Å²) in [4.78, 5) is 28.8. The molecule has 2 unspecified atom stereocenters. The van der Waals surface area contributed by atoms with Gasteiger partial charge in [0.05, 0.1) is 29.2 Å². The maximum atomic E-state index is 12.9. The summed E-state index contributed by atoms with van der Waals surface area (Å²) in [6.45, 7) is 6.07. The molecule has 1 aliphatic carbocycles. The second-order valence-electron chi connectivity index (χ2n) is 10.6. The lowest BCUT2D eigenvalue weighted by molar-refractivity contribution is -0.127. The first-order valence-corrected chi connectivity index (χ1v) is 13.1. The molecule has 37 heavy (non-hydrogen) atoms. The van der Waals surface area contributed by atoms with Crippen LogP contribution < -0.4 is 5.32 Å². The van der Waals surface area contributed by atoms with E-state index < -0.39 is 5.41 Å². The first-order valence-electron chi connectivity index (χ1n) is 13.1. The molecular weight excluding hydrogens is 460 g/mol. The zero-order chi connectivity index (χ0) is 25.8. The molecule has 0 saturated carbocycles. The molecule has 0 saturated heterocycles. The zero-order valence-electron chi connectivity index (χ0n) is 22.0. The van der Waals surface area contributed by atoms with E-state index in [-0.39, 0.29) is 11.9 Å². The number of aryl methyl sites for hydroxylation is 2. The van der Waals surface area contributed by atoms with E-state index in [4.69, 9.17) is 4.98 Å². The fourth-order valence-electron chi connectivity index (χ4n) is 5.46. The minimum absolute atomic E-state index is 0.0351. The van der Waals surface area contributed by atoms with Gasteiger partial charge in [0.1, 0.15) is 0 Å². The van der Waals surface area contributed by atoms with E-state index in [9.17, 15) is 4.79 Å². The van der Waals surface area contributed by atoms with Crippen molar-refractivity contribution < 1.29 is 4.79 Å². The summed E-state index contributed by atoms with van der Waals surface area (Å²) in [5, 5.41) is 3.12. The zero-order valence-corrected chi connectivity index (χ0v) is 22.0. The van der Waals surface area contributed by atoms with Gasteiger partial charge in [0.25, 0.3) is 0 Å². The number of benzene rings is 1. The molecule has 0 fully saturated rings. The van der Waals surface area contributed by atoms with Crippen LogP contribution in [0.4, 0.5) is 0 Å². The molecule has 5 rings (SSSR count). The average molecular weight is 497 g/mol. The number of hydrogen-bond donors (Lipinski definition) is 1. The molecule has 1 aliphatic heterocycles. The molecule has 1 amide bonds. The average Bonchev–Trinajstić information content (AvgIpc) is 3.31. The van der Waals surface area contributed by atoms with Crippen LogP contribution in [0.5, 0.6) is 0 Å². The summed E-state index contributed by atoms with van der Waals surface area (Å²) in [6.07, 6.45) is 13.4. The molecular formula is C30H36N6O. The van der Waals surface area contributed by atoms with E-state index in [1.165, 1.54) is 28.9 Å². The van der Waals surface area contributed by atoms with Crippen LogP contribution in [-0.2, 0) is 37.9 Å². The Hall–Kier alpha value is -3.58. The Balaban J connectivity index is 1.28. The second kappa shape index (κ2) is 10.8. The fourth-order valence-corrected chi connectivity index (χ4v) is 5.46. The van der Waals surface area contributed by atoms with E-state index >= 15 is 0 Å². The predicted octanol–water partition coefficient (Wildman–Crippen LogP) is 4.90. The maximum absolute atomic E-state index is 12.9. The second-order valence-corrected chi connectivity index (χ2v) is 10.6. The number of carbonyl (C=O) groups excluding carboxylic acids is 1. The Kier molecular flexibility index (Phi) is 7.33. The minimum atomic E-state index is -0.539. The lowest BCUT2D eigenvalue weighted by Crippen LogP contribution is -2.39. The van der Waals surface area contributed by atoms with Gasteiger partial charge in [-0.15, -0.1) is 0 Å². The van der Waals surface area contributed by atoms with E-state index in [1.54, 1.807) is 6.20 Å². The Morgan fingerprint density at radius 1 is 1.19 bits per heavy atom. The van der Waals surface area contributed by atoms with Crippen molar-refractivity contribution in [1.82, 2.24) is 24.8 Å². The lowest BCUT2D eigenvalue weighted by Gasteiger charge is -2.35. The Morgan fingerprint density at radius 2 is 2.00 bits per heavy atom. The highest BCUT2D eigenvalue weighted by Gasteiger charge is 2.32. The van der Waals surface area contributed by atoms with E-state index in [1.807, 2.05) is 51.8 Å². The molecule has 0 bridgehead atoms. The van der Waals surface area contributed by atoms with Crippen molar-refractivity contribution in [2.75, 3.05) is 0 Å². The summed E-state index contributed by atoms with van der Waals surface area (Å²) in [5.74, 6) is 0.0351. The summed E-state index contributed by atoms with van der Waals surface area (Å²) >= 11 is 0. The minimum Gasteiger partial charge on any atom is -0.351 e. The van der Waals surface area contributed by atoms with Crippen molar-refractivity contribution in [3.8, 4) is 0 Å². The van der Waals surface area contributed by atoms with Crippen molar-refractivity contribution in [3.63, 3.8) is 0 Å². The smallest absolute Gasteiger partial charge is 0.230 e. The van der Waals surface area contributed by atoms with Gasteiger partial charge in [-0.25, -0.2) is 4.98 Å². The highest BCUT2D eigenvalue weighted by molar-refractivity contribution is 5.93. The number of rotatable bonds is 8. The van der Waals surface area contributed by atoms with Gasteiger partial charge in [-0.05, 0) is 55.9 Å². The normalized spacial score (nSPS) is 21.0. The number of imidazole rings is 1. The number of nitrogens with one attached hydrogen (secondary N) is 1. The van der Waals surface area contributed by atoms with Crippen LogP contribution in [0.15, 0.2) is 72.4 Å². The molecule has 2 aromatic heterocycles. The molecule has 0 spiro atoms. The van der Waals surface area contributed by atoms with Crippen LogP contribution in [0.2, 0.25) is 0 Å². The fraction of sp³-hybridized carbons (Fsp3) is 0.400. The molecule has 1 N–H and O–H groups in total. The topological polar surface area (TPSA) is 75.4 Å². The van der Waals surface area contributed by atoms with Gasteiger partial charge in [-0.3, -0.25) is 19.7 Å². The largest absolute Gasteiger partial charge is 0.351 e. The van der Waals surface area contributed by atoms with E-state index in [0.717, 1.165) is 37.2 Å². The van der Waals surface area contributed by atoms with Gasteiger partial charge in [-0.1, -0.05) is 36.4 Å². The van der Waals surface area contributed by atoms with Crippen molar-refractivity contribution >= 4 is 11.6 Å². The third-order valence-electron chi connectivity index (χ3n) is 7.63. The lowest BCUT2D eigenvalue weighted by atomic mass is 9.82. The molecule has 7 heteroatoms. The van der Waals surface area contributed by atoms with Gasteiger partial charge in [0.15, 0.2) is 0 Å². The first kappa shape index (κ1) is 25.1. The van der Waals surface area contributed by atoms with E-state index in [0.29, 0.717) is 13.0 Å². The molecule has 3 heterocycles. The van der Waals surface area contributed by atoms with Crippen LogP contribution >= 0.6 is 0 Å². The van der Waals surface area contributed by atoms with Crippen LogP contribution in [0.3, 0.4) is 0 Å².